The van der Waals surface area contributed by atoms with Crippen LogP contribution in [0, 0.1) is 13.8 Å². The molecule has 7 nitrogen and oxygen atoms in total. The number of benzene rings is 1. The van der Waals surface area contributed by atoms with Crippen molar-refractivity contribution < 1.29 is 4.79 Å². The molecule has 0 atom stereocenters. The number of aromatic nitrogens is 5. The summed E-state index contributed by atoms with van der Waals surface area (Å²) in [5, 5.41) is 12.8. The molecule has 0 aliphatic heterocycles. The minimum absolute atomic E-state index is 0.203. The molecular formula is C22H24N6O. The zero-order valence-electron chi connectivity index (χ0n) is 17.0. The van der Waals surface area contributed by atoms with Crippen molar-refractivity contribution in [2.24, 2.45) is 0 Å². The fraction of sp³-hybridized carbons (Fsp3) is 0.273. The molecule has 0 aliphatic carbocycles. The number of amides is 1. The highest BCUT2D eigenvalue weighted by Crippen LogP contribution is 2.21. The minimum atomic E-state index is -0.205. The van der Waals surface area contributed by atoms with Crippen molar-refractivity contribution in [1.29, 1.82) is 0 Å². The summed E-state index contributed by atoms with van der Waals surface area (Å²) < 4.78 is 3.67. The predicted octanol–water partition coefficient (Wildman–Crippen LogP) is 4.13. The summed E-state index contributed by atoms with van der Waals surface area (Å²) in [4.78, 5) is 17.6. The van der Waals surface area contributed by atoms with Crippen molar-refractivity contribution in [2.45, 2.75) is 40.3 Å². The van der Waals surface area contributed by atoms with Crippen molar-refractivity contribution in [3.8, 4) is 0 Å². The number of hydrogen-bond donors (Lipinski definition) is 1. The van der Waals surface area contributed by atoms with Gasteiger partial charge >= 0.3 is 0 Å². The molecule has 7 heteroatoms. The molecule has 4 rings (SSSR count). The molecule has 0 fully saturated rings. The summed E-state index contributed by atoms with van der Waals surface area (Å²) in [7, 11) is 0. The monoisotopic (exact) mass is 388 g/mol. The van der Waals surface area contributed by atoms with Crippen LogP contribution in [-0.4, -0.2) is 30.5 Å². The lowest BCUT2D eigenvalue weighted by atomic mass is 10.1. The average Bonchev–Trinajstić information content (AvgIpc) is 3.24. The molecule has 0 aliphatic rings. The largest absolute Gasteiger partial charge is 0.307 e. The second kappa shape index (κ2) is 7.50. The summed E-state index contributed by atoms with van der Waals surface area (Å²) in [5.41, 5.74) is 3.96. The van der Waals surface area contributed by atoms with Gasteiger partial charge in [0, 0.05) is 17.5 Å². The molecule has 29 heavy (non-hydrogen) atoms. The van der Waals surface area contributed by atoms with Crippen molar-refractivity contribution in [3.63, 3.8) is 0 Å². The van der Waals surface area contributed by atoms with E-state index in [1.54, 1.807) is 10.9 Å². The van der Waals surface area contributed by atoms with Gasteiger partial charge in [0.05, 0.1) is 29.7 Å². The van der Waals surface area contributed by atoms with Gasteiger partial charge in [-0.25, -0.2) is 14.3 Å². The highest BCUT2D eigenvalue weighted by Gasteiger charge is 2.17. The van der Waals surface area contributed by atoms with E-state index in [0.717, 1.165) is 22.3 Å². The van der Waals surface area contributed by atoms with Gasteiger partial charge in [-0.05, 0) is 39.3 Å². The van der Waals surface area contributed by atoms with E-state index in [4.69, 9.17) is 0 Å². The molecule has 0 spiro atoms. The van der Waals surface area contributed by atoms with Crippen LogP contribution in [0.4, 0.5) is 5.82 Å². The van der Waals surface area contributed by atoms with Crippen LogP contribution in [0.25, 0.3) is 11.0 Å². The number of anilines is 1. The highest BCUT2D eigenvalue weighted by molar-refractivity contribution is 6.06. The fourth-order valence-electron chi connectivity index (χ4n) is 3.38. The topological polar surface area (TPSA) is 77.6 Å². The number of fused-ring (bicyclic) bond motifs is 1. The molecule has 0 unspecified atom stereocenters. The van der Waals surface area contributed by atoms with Crippen LogP contribution in [0.15, 0.2) is 48.7 Å². The molecule has 3 heterocycles. The van der Waals surface area contributed by atoms with Crippen LogP contribution in [0.5, 0.6) is 0 Å². The highest BCUT2D eigenvalue weighted by atomic mass is 16.1. The van der Waals surface area contributed by atoms with E-state index >= 15 is 0 Å². The van der Waals surface area contributed by atoms with E-state index in [9.17, 15) is 4.79 Å². The van der Waals surface area contributed by atoms with Gasteiger partial charge in [-0.2, -0.15) is 10.2 Å². The van der Waals surface area contributed by atoms with Gasteiger partial charge in [-0.3, -0.25) is 4.79 Å². The smallest absolute Gasteiger partial charge is 0.258 e. The van der Waals surface area contributed by atoms with Gasteiger partial charge in [0.1, 0.15) is 5.82 Å². The standard InChI is InChI=1S/C22H24N6O/c1-14(2)28-21-18(12-23-28)11-19(16(4)24-21)22(29)25-20-10-15(3)26-27(20)13-17-8-6-5-7-9-17/h5-12,14H,13H2,1-4H3,(H,25,29). The number of carbonyl (C=O) groups excluding carboxylic acids is 1. The molecule has 1 N–H and O–H groups in total. The van der Waals surface area contributed by atoms with Gasteiger partial charge in [-0.1, -0.05) is 30.3 Å². The number of hydrogen-bond acceptors (Lipinski definition) is 4. The molecule has 0 radical (unpaired) electrons. The van der Waals surface area contributed by atoms with E-state index in [2.05, 4.69) is 34.3 Å². The second-order valence-corrected chi connectivity index (χ2v) is 7.49. The van der Waals surface area contributed by atoms with E-state index in [1.807, 2.05) is 61.0 Å². The van der Waals surface area contributed by atoms with E-state index < -0.39 is 0 Å². The normalized spacial score (nSPS) is 11.3. The van der Waals surface area contributed by atoms with E-state index in [1.165, 1.54) is 0 Å². The molecule has 1 amide bonds. The lowest BCUT2D eigenvalue weighted by Crippen LogP contribution is -2.18. The first-order valence-corrected chi connectivity index (χ1v) is 9.67. The van der Waals surface area contributed by atoms with Gasteiger partial charge in [-0.15, -0.1) is 0 Å². The molecule has 0 saturated carbocycles. The van der Waals surface area contributed by atoms with Crippen molar-refractivity contribution in [3.05, 3.63) is 71.2 Å². The maximum absolute atomic E-state index is 13.0. The van der Waals surface area contributed by atoms with E-state index in [-0.39, 0.29) is 11.9 Å². The number of rotatable bonds is 5. The maximum Gasteiger partial charge on any atom is 0.258 e. The Bertz CT molecular complexity index is 1170. The summed E-state index contributed by atoms with van der Waals surface area (Å²) in [5.74, 6) is 0.456. The second-order valence-electron chi connectivity index (χ2n) is 7.49. The third-order valence-corrected chi connectivity index (χ3v) is 4.81. The van der Waals surface area contributed by atoms with Crippen LogP contribution in [0.2, 0.25) is 0 Å². The predicted molar refractivity (Wildman–Crippen MR) is 113 cm³/mol. The van der Waals surface area contributed by atoms with Gasteiger partial charge in [0.2, 0.25) is 0 Å². The van der Waals surface area contributed by atoms with Gasteiger partial charge < -0.3 is 5.32 Å². The lowest BCUT2D eigenvalue weighted by Gasteiger charge is -2.11. The first-order chi connectivity index (χ1) is 13.9. The zero-order valence-corrected chi connectivity index (χ0v) is 17.0. The summed E-state index contributed by atoms with van der Waals surface area (Å²) in [6.45, 7) is 8.46. The zero-order chi connectivity index (χ0) is 20.5. The fourth-order valence-corrected chi connectivity index (χ4v) is 3.38. The molecule has 0 bridgehead atoms. The SMILES string of the molecule is Cc1cc(NC(=O)c2cc3cnn(C(C)C)c3nc2C)n(Cc2ccccc2)n1. The average molecular weight is 388 g/mol. The lowest BCUT2D eigenvalue weighted by molar-refractivity contribution is 0.102. The van der Waals surface area contributed by atoms with Crippen LogP contribution in [0.1, 0.15) is 47.2 Å². The first kappa shape index (κ1) is 18.9. The van der Waals surface area contributed by atoms with Crippen LogP contribution in [0.3, 0.4) is 0 Å². The summed E-state index contributed by atoms with van der Waals surface area (Å²) >= 11 is 0. The number of nitrogens with zero attached hydrogens (tertiary/aromatic N) is 5. The quantitative estimate of drug-likeness (QED) is 0.558. The molecule has 1 aromatic carbocycles. The van der Waals surface area contributed by atoms with Crippen LogP contribution < -0.4 is 5.32 Å². The third kappa shape index (κ3) is 3.76. The van der Waals surface area contributed by atoms with Crippen molar-refractivity contribution in [1.82, 2.24) is 24.5 Å². The minimum Gasteiger partial charge on any atom is -0.307 e. The Morgan fingerprint density at radius 1 is 1.14 bits per heavy atom. The van der Waals surface area contributed by atoms with Crippen LogP contribution >= 0.6 is 0 Å². The number of nitrogens with one attached hydrogen (secondary N) is 1. The third-order valence-electron chi connectivity index (χ3n) is 4.81. The van der Waals surface area contributed by atoms with Gasteiger partial charge in [0.25, 0.3) is 5.91 Å². The molecule has 148 valence electrons. The number of aryl methyl sites for hydroxylation is 2. The number of carbonyl (C=O) groups is 1. The summed E-state index contributed by atoms with van der Waals surface area (Å²) in [6, 6.07) is 14.0. The summed E-state index contributed by atoms with van der Waals surface area (Å²) in [6.07, 6.45) is 1.75. The Kier molecular flexibility index (Phi) is 4.88. The molecule has 3 aromatic heterocycles. The Morgan fingerprint density at radius 2 is 1.90 bits per heavy atom. The Balaban J connectivity index is 1.62. The molecule has 4 aromatic rings. The Hall–Kier alpha value is -3.48. The molecular weight excluding hydrogens is 364 g/mol. The molecule has 0 saturated heterocycles. The first-order valence-electron chi connectivity index (χ1n) is 9.67. The number of pyridine rings is 1. The van der Waals surface area contributed by atoms with Crippen LogP contribution in [-0.2, 0) is 6.54 Å². The van der Waals surface area contributed by atoms with E-state index in [0.29, 0.717) is 23.6 Å². The van der Waals surface area contributed by atoms with Crippen molar-refractivity contribution in [2.75, 3.05) is 5.32 Å². The maximum atomic E-state index is 13.0. The van der Waals surface area contributed by atoms with Gasteiger partial charge in [0.15, 0.2) is 5.65 Å². The Labute approximate surface area is 169 Å². The Morgan fingerprint density at radius 3 is 2.62 bits per heavy atom. The van der Waals surface area contributed by atoms with Crippen molar-refractivity contribution >= 4 is 22.8 Å².